The van der Waals surface area contributed by atoms with E-state index in [2.05, 4.69) is 18.7 Å². The Hall–Kier alpha value is -1.14. The van der Waals surface area contributed by atoms with Gasteiger partial charge in [-0.05, 0) is 53.0 Å². The van der Waals surface area contributed by atoms with Gasteiger partial charge in [0.1, 0.15) is 0 Å². The summed E-state index contributed by atoms with van der Waals surface area (Å²) in [4.78, 5) is 29.7. The molecule has 0 spiro atoms. The summed E-state index contributed by atoms with van der Waals surface area (Å²) in [6.45, 7) is 6.54. The van der Waals surface area contributed by atoms with Crippen LogP contribution in [-0.2, 0) is 9.59 Å². The fraction of sp³-hybridized carbons (Fsp3) is 0.882. The Bertz CT molecular complexity index is 419. The molecule has 0 aromatic heterocycles. The summed E-state index contributed by atoms with van der Waals surface area (Å²) in [5.41, 5.74) is 0. The van der Waals surface area contributed by atoms with Gasteiger partial charge in [0, 0.05) is 31.2 Å². The average Bonchev–Trinajstić information content (AvgIpc) is 2.71. The molecule has 2 heterocycles. The molecule has 0 bridgehead atoms. The van der Waals surface area contributed by atoms with Crippen molar-refractivity contribution in [2.45, 2.75) is 64.1 Å². The van der Waals surface area contributed by atoms with Crippen LogP contribution in [0.4, 0.5) is 0 Å². The fourth-order valence-electron chi connectivity index (χ4n) is 3.93. The summed E-state index contributed by atoms with van der Waals surface area (Å²) in [6.07, 6.45) is 5.13. The maximum absolute atomic E-state index is 12.6. The largest absolute Gasteiger partial charge is 0.480 e. The molecule has 1 N–H and O–H groups in total. The van der Waals surface area contributed by atoms with E-state index in [0.29, 0.717) is 18.6 Å². The number of carboxylic acids is 1. The number of likely N-dealkylation sites (N-methyl/N-ethyl adjacent to an activating group) is 1. The molecule has 2 aliphatic heterocycles. The summed E-state index contributed by atoms with van der Waals surface area (Å²) < 4.78 is 0. The molecule has 1 amide bonds. The monoisotopic (exact) mass is 325 g/mol. The van der Waals surface area contributed by atoms with Gasteiger partial charge in [0.15, 0.2) is 0 Å². The number of hydrogen-bond donors (Lipinski definition) is 1. The molecule has 6 heteroatoms. The zero-order chi connectivity index (χ0) is 17.0. The van der Waals surface area contributed by atoms with Crippen molar-refractivity contribution >= 4 is 11.9 Å². The predicted molar refractivity (Wildman–Crippen MR) is 89.3 cm³/mol. The Labute approximate surface area is 139 Å². The highest BCUT2D eigenvalue weighted by molar-refractivity contribution is 5.78. The Morgan fingerprint density at radius 3 is 2.35 bits per heavy atom. The van der Waals surface area contributed by atoms with Crippen molar-refractivity contribution in [1.82, 2.24) is 14.7 Å². The van der Waals surface area contributed by atoms with Gasteiger partial charge in [-0.2, -0.15) is 0 Å². The second-order valence-corrected chi connectivity index (χ2v) is 7.22. The predicted octanol–water partition coefficient (Wildman–Crippen LogP) is 1.26. The van der Waals surface area contributed by atoms with Crippen molar-refractivity contribution in [3.8, 4) is 0 Å². The van der Waals surface area contributed by atoms with Gasteiger partial charge in [0.25, 0.3) is 0 Å². The molecule has 0 aliphatic carbocycles. The van der Waals surface area contributed by atoms with Crippen LogP contribution in [0.2, 0.25) is 0 Å². The summed E-state index contributed by atoms with van der Waals surface area (Å²) in [5, 5.41) is 8.92. The van der Waals surface area contributed by atoms with Crippen LogP contribution in [0.15, 0.2) is 0 Å². The van der Waals surface area contributed by atoms with Gasteiger partial charge in [-0.3, -0.25) is 19.4 Å². The summed E-state index contributed by atoms with van der Waals surface area (Å²) >= 11 is 0. The first-order chi connectivity index (χ1) is 10.9. The van der Waals surface area contributed by atoms with Gasteiger partial charge in [-0.25, -0.2) is 0 Å². The van der Waals surface area contributed by atoms with Gasteiger partial charge < -0.3 is 10.0 Å². The molecule has 0 aromatic carbocycles. The van der Waals surface area contributed by atoms with E-state index in [1.54, 1.807) is 0 Å². The highest BCUT2D eigenvalue weighted by Gasteiger charge is 2.31. The Morgan fingerprint density at radius 1 is 1.09 bits per heavy atom. The highest BCUT2D eigenvalue weighted by Crippen LogP contribution is 2.23. The lowest BCUT2D eigenvalue weighted by molar-refractivity contribution is -0.138. The van der Waals surface area contributed by atoms with E-state index in [9.17, 15) is 9.59 Å². The van der Waals surface area contributed by atoms with E-state index in [-0.39, 0.29) is 18.5 Å². The molecule has 3 atom stereocenters. The molecule has 0 aromatic rings. The molecule has 2 saturated heterocycles. The van der Waals surface area contributed by atoms with Crippen LogP contribution in [0.25, 0.3) is 0 Å². The van der Waals surface area contributed by atoms with Crippen molar-refractivity contribution in [3.05, 3.63) is 0 Å². The number of amides is 1. The van der Waals surface area contributed by atoms with E-state index >= 15 is 0 Å². The number of carboxylic acid groups (broad SMARTS) is 1. The molecule has 2 aliphatic rings. The number of hydrogen-bond acceptors (Lipinski definition) is 4. The minimum Gasteiger partial charge on any atom is -0.480 e. The third-order valence-electron chi connectivity index (χ3n) is 5.51. The van der Waals surface area contributed by atoms with Crippen molar-refractivity contribution < 1.29 is 14.7 Å². The van der Waals surface area contributed by atoms with E-state index in [1.165, 1.54) is 12.8 Å². The first kappa shape index (κ1) is 18.2. The third-order valence-corrected chi connectivity index (χ3v) is 5.51. The Kier molecular flexibility index (Phi) is 6.41. The normalized spacial score (nSPS) is 29.7. The first-order valence-electron chi connectivity index (χ1n) is 8.84. The smallest absolute Gasteiger partial charge is 0.317 e. The van der Waals surface area contributed by atoms with Crippen molar-refractivity contribution in [1.29, 1.82) is 0 Å². The number of aliphatic carboxylic acids is 1. The molecule has 3 unspecified atom stereocenters. The minimum atomic E-state index is -0.790. The zero-order valence-electron chi connectivity index (χ0n) is 14.7. The van der Waals surface area contributed by atoms with E-state index in [4.69, 9.17) is 5.11 Å². The minimum absolute atomic E-state index is 0.0709. The number of likely N-dealkylation sites (tertiary alicyclic amines) is 2. The average molecular weight is 325 g/mol. The molecular formula is C17H31N3O3. The summed E-state index contributed by atoms with van der Waals surface area (Å²) in [6, 6.07) is 1.25. The molecule has 2 fully saturated rings. The molecule has 6 nitrogen and oxygen atoms in total. The summed E-state index contributed by atoms with van der Waals surface area (Å²) in [5.74, 6) is -0.561. The number of rotatable bonds is 5. The lowest BCUT2D eigenvalue weighted by atomic mass is 10.1. The van der Waals surface area contributed by atoms with Crippen LogP contribution < -0.4 is 0 Å². The Balaban J connectivity index is 1.85. The maximum Gasteiger partial charge on any atom is 0.317 e. The molecule has 23 heavy (non-hydrogen) atoms. The molecule has 2 rings (SSSR count). The van der Waals surface area contributed by atoms with Crippen LogP contribution >= 0.6 is 0 Å². The second-order valence-electron chi connectivity index (χ2n) is 7.22. The van der Waals surface area contributed by atoms with Crippen LogP contribution in [0.3, 0.4) is 0 Å². The van der Waals surface area contributed by atoms with Crippen LogP contribution in [0.5, 0.6) is 0 Å². The third kappa shape index (κ3) is 4.91. The number of carbonyl (C=O) groups is 2. The quantitative estimate of drug-likeness (QED) is 0.824. The van der Waals surface area contributed by atoms with Gasteiger partial charge in [0.2, 0.25) is 5.91 Å². The van der Waals surface area contributed by atoms with E-state index in [1.807, 2.05) is 16.8 Å². The van der Waals surface area contributed by atoms with Crippen molar-refractivity contribution in [2.75, 3.05) is 33.2 Å². The zero-order valence-corrected chi connectivity index (χ0v) is 14.7. The van der Waals surface area contributed by atoms with Crippen LogP contribution in [-0.4, -0.2) is 83.0 Å². The maximum atomic E-state index is 12.6. The van der Waals surface area contributed by atoms with Gasteiger partial charge >= 0.3 is 5.97 Å². The van der Waals surface area contributed by atoms with Crippen molar-refractivity contribution in [3.63, 3.8) is 0 Å². The number of nitrogens with zero attached hydrogens (tertiary/aromatic N) is 3. The highest BCUT2D eigenvalue weighted by atomic mass is 16.4. The molecule has 0 radical (unpaired) electrons. The lowest BCUT2D eigenvalue weighted by Crippen LogP contribution is -2.44. The SMILES string of the molecule is CC1CCC(C)N1CC(=O)N1CCCC(N(C)CC(=O)O)CC1. The van der Waals surface area contributed by atoms with Gasteiger partial charge in [-0.15, -0.1) is 0 Å². The second kappa shape index (κ2) is 8.11. The Morgan fingerprint density at radius 2 is 1.74 bits per heavy atom. The molecule has 132 valence electrons. The fourth-order valence-corrected chi connectivity index (χ4v) is 3.93. The van der Waals surface area contributed by atoms with Gasteiger partial charge in [-0.1, -0.05) is 0 Å². The standard InChI is InChI=1S/C17H31N3O3/c1-13-6-7-14(2)20(13)11-16(21)19-9-4-5-15(8-10-19)18(3)12-17(22)23/h13-15H,4-12H2,1-3H3,(H,22,23). The van der Waals surface area contributed by atoms with E-state index in [0.717, 1.165) is 32.4 Å². The van der Waals surface area contributed by atoms with Crippen LogP contribution in [0.1, 0.15) is 46.0 Å². The molecule has 0 saturated carbocycles. The van der Waals surface area contributed by atoms with Gasteiger partial charge in [0.05, 0.1) is 13.1 Å². The lowest BCUT2D eigenvalue weighted by Gasteiger charge is -2.29. The summed E-state index contributed by atoms with van der Waals surface area (Å²) in [7, 11) is 1.86. The number of carbonyl (C=O) groups excluding carboxylic acids is 1. The first-order valence-corrected chi connectivity index (χ1v) is 8.84. The topological polar surface area (TPSA) is 64.1 Å². The van der Waals surface area contributed by atoms with E-state index < -0.39 is 5.97 Å². The van der Waals surface area contributed by atoms with Crippen molar-refractivity contribution in [2.24, 2.45) is 0 Å². The molecular weight excluding hydrogens is 294 g/mol. The van der Waals surface area contributed by atoms with Crippen LogP contribution in [0, 0.1) is 0 Å².